The van der Waals surface area contributed by atoms with Gasteiger partial charge in [0, 0.05) is 24.6 Å². The number of pyridine rings is 1. The number of rotatable bonds is 5. The molecule has 2 atom stereocenters. The second-order valence-electron chi connectivity index (χ2n) is 7.51. The zero-order valence-electron chi connectivity index (χ0n) is 16.2. The maximum absolute atomic E-state index is 12.5. The van der Waals surface area contributed by atoms with Crippen LogP contribution in [0.2, 0.25) is 0 Å². The number of nitrogens with two attached hydrogens (primary N) is 1. The minimum atomic E-state index is -0.480. The van der Waals surface area contributed by atoms with Crippen LogP contribution in [0.3, 0.4) is 0 Å². The molecular weight excluding hydrogens is 378 g/mol. The summed E-state index contributed by atoms with van der Waals surface area (Å²) < 4.78 is 0. The molecule has 30 heavy (non-hydrogen) atoms. The molecular formula is C23H21N5O2. The summed E-state index contributed by atoms with van der Waals surface area (Å²) in [7, 11) is 0. The van der Waals surface area contributed by atoms with E-state index in [0.29, 0.717) is 0 Å². The van der Waals surface area contributed by atoms with Gasteiger partial charge in [-0.15, -0.1) is 0 Å². The SMILES string of the molecule is NC(=O)CCC(=O)NC1c2ccccc2-c2c(C3Nc4ccncc4N3)cccc21. The van der Waals surface area contributed by atoms with Crippen molar-refractivity contribution in [2.45, 2.75) is 25.0 Å². The molecule has 0 radical (unpaired) electrons. The van der Waals surface area contributed by atoms with Gasteiger partial charge in [-0.2, -0.15) is 0 Å². The molecule has 2 heterocycles. The van der Waals surface area contributed by atoms with Crippen molar-refractivity contribution < 1.29 is 9.59 Å². The highest BCUT2D eigenvalue weighted by Crippen LogP contribution is 2.48. The van der Waals surface area contributed by atoms with Crippen LogP contribution in [0.1, 0.15) is 41.7 Å². The third kappa shape index (κ3) is 3.04. The van der Waals surface area contributed by atoms with Crippen molar-refractivity contribution in [1.82, 2.24) is 10.3 Å². The van der Waals surface area contributed by atoms with Crippen molar-refractivity contribution in [2.24, 2.45) is 5.73 Å². The van der Waals surface area contributed by atoms with Gasteiger partial charge in [0.2, 0.25) is 11.8 Å². The smallest absolute Gasteiger partial charge is 0.221 e. The number of benzene rings is 2. The number of primary amides is 1. The molecule has 1 aliphatic heterocycles. The Kier molecular flexibility index (Phi) is 4.35. The lowest BCUT2D eigenvalue weighted by atomic mass is 9.97. The lowest BCUT2D eigenvalue weighted by Crippen LogP contribution is -2.29. The van der Waals surface area contributed by atoms with Crippen LogP contribution in [-0.2, 0) is 9.59 Å². The molecule has 0 saturated carbocycles. The van der Waals surface area contributed by atoms with Gasteiger partial charge in [0.15, 0.2) is 0 Å². The summed E-state index contributed by atoms with van der Waals surface area (Å²) >= 11 is 0. The van der Waals surface area contributed by atoms with Crippen LogP contribution in [0.25, 0.3) is 11.1 Å². The molecule has 0 saturated heterocycles. The van der Waals surface area contributed by atoms with Crippen LogP contribution in [0, 0.1) is 0 Å². The normalized spacial score (nSPS) is 17.9. The average Bonchev–Trinajstić information content (AvgIpc) is 3.32. The molecule has 7 heteroatoms. The van der Waals surface area contributed by atoms with Gasteiger partial charge in [0.1, 0.15) is 6.17 Å². The van der Waals surface area contributed by atoms with Gasteiger partial charge >= 0.3 is 0 Å². The highest BCUT2D eigenvalue weighted by atomic mass is 16.2. The molecule has 2 aliphatic rings. The fraction of sp³-hybridized carbons (Fsp3) is 0.174. The van der Waals surface area contributed by atoms with E-state index >= 15 is 0 Å². The first-order valence-corrected chi connectivity index (χ1v) is 9.88. The zero-order valence-corrected chi connectivity index (χ0v) is 16.2. The highest BCUT2D eigenvalue weighted by Gasteiger charge is 2.34. The minimum absolute atomic E-state index is 0.0370. The number of aromatic nitrogens is 1. The zero-order chi connectivity index (χ0) is 20.7. The summed E-state index contributed by atoms with van der Waals surface area (Å²) in [5.74, 6) is -0.672. The van der Waals surface area contributed by atoms with Gasteiger partial charge in [-0.25, -0.2) is 0 Å². The van der Waals surface area contributed by atoms with Gasteiger partial charge in [0.25, 0.3) is 0 Å². The number of hydrogen-bond donors (Lipinski definition) is 4. The maximum atomic E-state index is 12.5. The average molecular weight is 399 g/mol. The van der Waals surface area contributed by atoms with E-state index in [1.165, 1.54) is 0 Å². The summed E-state index contributed by atoms with van der Waals surface area (Å²) in [5, 5.41) is 10.1. The quantitative estimate of drug-likeness (QED) is 0.527. The van der Waals surface area contributed by atoms with E-state index in [1.807, 2.05) is 36.4 Å². The van der Waals surface area contributed by atoms with Gasteiger partial charge in [0.05, 0.1) is 23.6 Å². The van der Waals surface area contributed by atoms with Crippen molar-refractivity contribution in [3.8, 4) is 11.1 Å². The number of amides is 2. The number of carbonyl (C=O) groups excluding carboxylic acids is 2. The van der Waals surface area contributed by atoms with Crippen LogP contribution in [0.5, 0.6) is 0 Å². The Balaban J connectivity index is 1.52. The first-order valence-electron chi connectivity index (χ1n) is 9.88. The Labute approximate surface area is 173 Å². The third-order valence-corrected chi connectivity index (χ3v) is 5.62. The number of carbonyl (C=O) groups is 2. The molecule has 2 amide bonds. The van der Waals surface area contributed by atoms with E-state index in [2.05, 4.69) is 33.1 Å². The van der Waals surface area contributed by atoms with Gasteiger partial charge < -0.3 is 21.7 Å². The molecule has 150 valence electrons. The second-order valence-corrected chi connectivity index (χ2v) is 7.51. The van der Waals surface area contributed by atoms with Crippen molar-refractivity contribution in [2.75, 3.05) is 10.6 Å². The predicted octanol–water partition coefficient (Wildman–Crippen LogP) is 3.07. The first kappa shape index (κ1) is 18.2. The lowest BCUT2D eigenvalue weighted by Gasteiger charge is -2.19. The van der Waals surface area contributed by atoms with E-state index < -0.39 is 5.91 Å². The molecule has 7 nitrogen and oxygen atoms in total. The summed E-state index contributed by atoms with van der Waals surface area (Å²) in [6.45, 7) is 0. The van der Waals surface area contributed by atoms with Gasteiger partial charge in [-0.1, -0.05) is 42.5 Å². The number of hydrogen-bond acceptors (Lipinski definition) is 5. The molecule has 1 aliphatic carbocycles. The Hall–Kier alpha value is -3.87. The highest BCUT2D eigenvalue weighted by molar-refractivity contribution is 5.88. The molecule has 1 aromatic heterocycles. The van der Waals surface area contributed by atoms with Crippen LogP contribution in [0.4, 0.5) is 11.4 Å². The van der Waals surface area contributed by atoms with E-state index in [9.17, 15) is 9.59 Å². The molecule has 2 aromatic carbocycles. The lowest BCUT2D eigenvalue weighted by molar-refractivity contribution is -0.125. The topological polar surface area (TPSA) is 109 Å². The monoisotopic (exact) mass is 399 g/mol. The molecule has 2 unspecified atom stereocenters. The first-order chi connectivity index (χ1) is 14.6. The van der Waals surface area contributed by atoms with Crippen molar-refractivity contribution in [1.29, 1.82) is 0 Å². The molecule has 0 spiro atoms. The van der Waals surface area contributed by atoms with Crippen LogP contribution < -0.4 is 21.7 Å². The fourth-order valence-electron chi connectivity index (χ4n) is 4.29. The number of nitrogens with zero attached hydrogens (tertiary/aromatic N) is 1. The number of nitrogens with one attached hydrogen (secondary N) is 3. The number of anilines is 2. The molecule has 5 N–H and O–H groups in total. The summed E-state index contributed by atoms with van der Waals surface area (Å²) in [5.41, 5.74) is 12.6. The summed E-state index contributed by atoms with van der Waals surface area (Å²) in [4.78, 5) is 27.7. The Morgan fingerprint density at radius 3 is 2.53 bits per heavy atom. The molecule has 5 rings (SSSR count). The summed E-state index contributed by atoms with van der Waals surface area (Å²) in [6, 6.07) is 15.9. The standard InChI is InChI=1S/C23H21N5O2/c24-19(29)8-9-20(30)28-22-14-5-2-1-4-13(14)21-15(22)6-3-7-16(21)23-26-17-10-11-25-12-18(17)27-23/h1-7,10-12,22-23,26-27H,8-9H2,(H2,24,29)(H,28,30). The Morgan fingerprint density at radius 2 is 1.70 bits per heavy atom. The molecule has 0 bridgehead atoms. The van der Waals surface area contributed by atoms with Crippen LogP contribution in [-0.4, -0.2) is 16.8 Å². The second kappa shape index (κ2) is 7.18. The van der Waals surface area contributed by atoms with E-state index in [0.717, 1.165) is 39.2 Å². The Bertz CT molecular complexity index is 1130. The van der Waals surface area contributed by atoms with E-state index in [1.54, 1.807) is 12.4 Å². The molecule has 0 fully saturated rings. The third-order valence-electron chi connectivity index (χ3n) is 5.62. The van der Waals surface area contributed by atoms with Gasteiger partial charge in [-0.3, -0.25) is 14.6 Å². The molecule has 3 aromatic rings. The van der Waals surface area contributed by atoms with Crippen molar-refractivity contribution in [3.05, 3.63) is 77.6 Å². The maximum Gasteiger partial charge on any atom is 0.221 e. The van der Waals surface area contributed by atoms with Gasteiger partial charge in [-0.05, 0) is 28.3 Å². The van der Waals surface area contributed by atoms with E-state index in [4.69, 9.17) is 5.73 Å². The fourth-order valence-corrected chi connectivity index (χ4v) is 4.29. The van der Waals surface area contributed by atoms with Crippen molar-refractivity contribution in [3.63, 3.8) is 0 Å². The predicted molar refractivity (Wildman–Crippen MR) is 115 cm³/mol. The van der Waals surface area contributed by atoms with Crippen molar-refractivity contribution >= 4 is 23.2 Å². The number of fused-ring (bicyclic) bond motifs is 4. The largest absolute Gasteiger partial charge is 0.370 e. The Morgan fingerprint density at radius 1 is 0.933 bits per heavy atom. The summed E-state index contributed by atoms with van der Waals surface area (Å²) in [6.07, 6.45) is 3.59. The van der Waals surface area contributed by atoms with Crippen LogP contribution >= 0.6 is 0 Å². The minimum Gasteiger partial charge on any atom is -0.370 e. The van der Waals surface area contributed by atoms with E-state index in [-0.39, 0.29) is 31.0 Å². The van der Waals surface area contributed by atoms with Crippen LogP contribution in [0.15, 0.2) is 60.9 Å².